The largest absolute Gasteiger partial charge is 0.341 e. The first kappa shape index (κ1) is 18.7. The van der Waals surface area contributed by atoms with Crippen molar-refractivity contribution in [2.75, 3.05) is 18.0 Å². The molecule has 1 saturated heterocycles. The number of anilines is 1. The van der Waals surface area contributed by atoms with E-state index in [1.54, 1.807) is 11.3 Å². The lowest BCUT2D eigenvalue weighted by Gasteiger charge is -2.18. The summed E-state index contributed by atoms with van der Waals surface area (Å²) < 4.78 is 7.44. The van der Waals surface area contributed by atoms with E-state index in [4.69, 9.17) is 16.1 Å². The zero-order valence-corrected chi connectivity index (χ0v) is 17.8. The first-order valence-corrected chi connectivity index (χ1v) is 11.5. The third-order valence-electron chi connectivity index (χ3n) is 4.67. The van der Waals surface area contributed by atoms with E-state index in [1.807, 2.05) is 45.7 Å². The van der Waals surface area contributed by atoms with Crippen LogP contribution in [0.2, 0.25) is 5.02 Å². The lowest BCUT2D eigenvalue weighted by atomic mass is 10.3. The third kappa shape index (κ3) is 3.77. The highest BCUT2D eigenvalue weighted by Crippen LogP contribution is 2.33. The van der Waals surface area contributed by atoms with Gasteiger partial charge >= 0.3 is 0 Å². The summed E-state index contributed by atoms with van der Waals surface area (Å²) in [6.07, 6.45) is 2.32. The van der Waals surface area contributed by atoms with Crippen LogP contribution >= 0.6 is 34.7 Å². The fraction of sp³-hybridized carbons (Fsp3) is 0.263. The Balaban J connectivity index is 1.43. The summed E-state index contributed by atoms with van der Waals surface area (Å²) in [5, 5.41) is 18.4. The number of para-hydroxylation sites is 1. The molecule has 1 aromatic carbocycles. The van der Waals surface area contributed by atoms with Crippen molar-refractivity contribution in [2.45, 2.75) is 23.8 Å². The van der Waals surface area contributed by atoms with Crippen LogP contribution in [0.4, 0.5) is 5.95 Å². The smallest absolute Gasteiger partial charge is 0.237 e. The van der Waals surface area contributed by atoms with Crippen LogP contribution in [-0.4, -0.2) is 38.0 Å². The molecule has 0 N–H and O–H groups in total. The summed E-state index contributed by atoms with van der Waals surface area (Å²) in [5.74, 6) is 2.47. The standard InChI is InChI=1S/C19H17ClN6OS2/c20-14-5-1-2-6-15(14)26-18(25-8-3-4-9-25)22-23-19(26)29-12-16-21-17(24-27-16)13-7-10-28-11-13/h1-2,5-7,10-11H,3-4,8-9,12H2. The SMILES string of the molecule is Clc1ccccc1-n1c(SCc2nc(-c3ccsc3)no2)nnc1N1CCCC1. The molecule has 5 rings (SSSR count). The van der Waals surface area contributed by atoms with Crippen molar-refractivity contribution >= 4 is 40.6 Å². The molecule has 0 aliphatic carbocycles. The first-order chi connectivity index (χ1) is 14.3. The van der Waals surface area contributed by atoms with E-state index < -0.39 is 0 Å². The minimum Gasteiger partial charge on any atom is -0.341 e. The second-order valence-electron chi connectivity index (χ2n) is 6.58. The van der Waals surface area contributed by atoms with Crippen molar-refractivity contribution in [1.82, 2.24) is 24.9 Å². The lowest BCUT2D eigenvalue weighted by Crippen LogP contribution is -2.22. The minimum atomic E-state index is 0.500. The van der Waals surface area contributed by atoms with E-state index in [2.05, 4.69) is 25.2 Å². The van der Waals surface area contributed by atoms with Gasteiger partial charge in [-0.1, -0.05) is 40.7 Å². The topological polar surface area (TPSA) is 72.9 Å². The van der Waals surface area contributed by atoms with Crippen LogP contribution in [-0.2, 0) is 5.75 Å². The predicted molar refractivity (Wildman–Crippen MR) is 115 cm³/mol. The molecule has 148 valence electrons. The first-order valence-electron chi connectivity index (χ1n) is 9.23. The van der Waals surface area contributed by atoms with E-state index >= 15 is 0 Å². The number of thioether (sulfide) groups is 1. The van der Waals surface area contributed by atoms with Crippen molar-refractivity contribution in [2.24, 2.45) is 0 Å². The van der Waals surface area contributed by atoms with Gasteiger partial charge in [-0.05, 0) is 36.4 Å². The van der Waals surface area contributed by atoms with Gasteiger partial charge in [-0.25, -0.2) is 0 Å². The highest BCUT2D eigenvalue weighted by atomic mass is 35.5. The van der Waals surface area contributed by atoms with Gasteiger partial charge in [0.2, 0.25) is 17.7 Å². The molecule has 0 amide bonds. The molecule has 0 saturated carbocycles. The van der Waals surface area contributed by atoms with E-state index in [1.165, 1.54) is 11.8 Å². The summed E-state index contributed by atoms with van der Waals surface area (Å²) in [7, 11) is 0. The van der Waals surface area contributed by atoms with Crippen LogP contribution in [0.15, 0.2) is 50.8 Å². The van der Waals surface area contributed by atoms with Crippen LogP contribution in [0.3, 0.4) is 0 Å². The Hall–Kier alpha value is -2.36. The number of hydrogen-bond donors (Lipinski definition) is 0. The Morgan fingerprint density at radius 1 is 1.14 bits per heavy atom. The molecule has 3 aromatic heterocycles. The normalized spacial score (nSPS) is 14.0. The van der Waals surface area contributed by atoms with Crippen LogP contribution in [0.25, 0.3) is 17.1 Å². The van der Waals surface area contributed by atoms with Gasteiger partial charge < -0.3 is 9.42 Å². The molecule has 0 radical (unpaired) electrons. The molecule has 29 heavy (non-hydrogen) atoms. The third-order valence-corrected chi connectivity index (χ3v) is 6.59. The monoisotopic (exact) mass is 444 g/mol. The maximum Gasteiger partial charge on any atom is 0.237 e. The van der Waals surface area contributed by atoms with Crippen molar-refractivity contribution in [1.29, 1.82) is 0 Å². The molecule has 0 atom stereocenters. The van der Waals surface area contributed by atoms with Crippen LogP contribution in [0.5, 0.6) is 0 Å². The Bertz CT molecular complexity index is 1100. The number of rotatable bonds is 6. The van der Waals surface area contributed by atoms with Crippen LogP contribution in [0.1, 0.15) is 18.7 Å². The zero-order chi connectivity index (χ0) is 19.6. The molecule has 1 aliphatic rings. The van der Waals surface area contributed by atoms with Gasteiger partial charge in [0, 0.05) is 24.0 Å². The van der Waals surface area contributed by atoms with Gasteiger partial charge in [0.15, 0.2) is 5.16 Å². The fourth-order valence-electron chi connectivity index (χ4n) is 3.27. The number of halogens is 1. The Morgan fingerprint density at radius 2 is 2.00 bits per heavy atom. The van der Waals surface area contributed by atoms with Crippen molar-refractivity contribution in [3.63, 3.8) is 0 Å². The molecule has 0 unspecified atom stereocenters. The predicted octanol–water partition coefficient (Wildman–Crippen LogP) is 4.92. The molecule has 10 heteroatoms. The summed E-state index contributed by atoms with van der Waals surface area (Å²) >= 11 is 9.61. The summed E-state index contributed by atoms with van der Waals surface area (Å²) in [4.78, 5) is 6.74. The number of benzene rings is 1. The fourth-order valence-corrected chi connectivity index (χ4v) is 4.90. The molecular weight excluding hydrogens is 428 g/mol. The van der Waals surface area contributed by atoms with Crippen LogP contribution in [0, 0.1) is 0 Å². The molecule has 0 bridgehead atoms. The second kappa shape index (κ2) is 8.17. The van der Waals surface area contributed by atoms with Gasteiger partial charge in [0.25, 0.3) is 0 Å². The highest BCUT2D eigenvalue weighted by molar-refractivity contribution is 7.98. The maximum absolute atomic E-state index is 6.50. The van der Waals surface area contributed by atoms with Crippen LogP contribution < -0.4 is 4.90 Å². The summed E-state index contributed by atoms with van der Waals surface area (Å²) in [6.45, 7) is 1.95. The molecule has 4 aromatic rings. The Kier molecular flexibility index (Phi) is 5.26. The number of nitrogens with zero attached hydrogens (tertiary/aromatic N) is 6. The van der Waals surface area contributed by atoms with E-state index in [0.29, 0.717) is 22.5 Å². The average Bonchev–Trinajstić information content (AvgIpc) is 3.54. The summed E-state index contributed by atoms with van der Waals surface area (Å²) in [6, 6.07) is 9.72. The van der Waals surface area contributed by atoms with Gasteiger partial charge in [0.05, 0.1) is 16.5 Å². The second-order valence-corrected chi connectivity index (χ2v) is 8.71. The van der Waals surface area contributed by atoms with Crippen molar-refractivity contribution in [3.8, 4) is 17.1 Å². The molecule has 1 aliphatic heterocycles. The van der Waals surface area contributed by atoms with Gasteiger partial charge in [-0.3, -0.25) is 4.57 Å². The van der Waals surface area contributed by atoms with E-state index in [0.717, 1.165) is 48.3 Å². The molecular formula is C19H17ClN6OS2. The highest BCUT2D eigenvalue weighted by Gasteiger charge is 2.24. The Labute approximate surface area is 180 Å². The molecule has 4 heterocycles. The lowest BCUT2D eigenvalue weighted by molar-refractivity contribution is 0.391. The average molecular weight is 445 g/mol. The van der Waals surface area contributed by atoms with Crippen molar-refractivity contribution < 1.29 is 4.52 Å². The molecule has 7 nitrogen and oxygen atoms in total. The number of aromatic nitrogens is 5. The summed E-state index contributed by atoms with van der Waals surface area (Å²) in [5.41, 5.74) is 1.83. The molecule has 0 spiro atoms. The number of hydrogen-bond acceptors (Lipinski definition) is 8. The quantitative estimate of drug-likeness (QED) is 0.390. The Morgan fingerprint density at radius 3 is 2.79 bits per heavy atom. The number of thiophene rings is 1. The van der Waals surface area contributed by atoms with Gasteiger partial charge in [-0.2, -0.15) is 16.3 Å². The van der Waals surface area contributed by atoms with Gasteiger partial charge in [0.1, 0.15) is 0 Å². The molecule has 1 fully saturated rings. The van der Waals surface area contributed by atoms with Gasteiger partial charge in [-0.15, -0.1) is 10.2 Å². The van der Waals surface area contributed by atoms with E-state index in [-0.39, 0.29) is 0 Å². The zero-order valence-electron chi connectivity index (χ0n) is 15.4. The minimum absolute atomic E-state index is 0.500. The maximum atomic E-state index is 6.50. The van der Waals surface area contributed by atoms with Crippen molar-refractivity contribution in [3.05, 3.63) is 52.0 Å². The van der Waals surface area contributed by atoms with E-state index in [9.17, 15) is 0 Å².